The summed E-state index contributed by atoms with van der Waals surface area (Å²) in [5.41, 5.74) is 6.97. The third-order valence-electron chi connectivity index (χ3n) is 3.11. The van der Waals surface area contributed by atoms with Crippen LogP contribution in [0.2, 0.25) is 10.2 Å². The summed E-state index contributed by atoms with van der Waals surface area (Å²) < 4.78 is 21.0. The lowest BCUT2D eigenvalue weighted by molar-refractivity contribution is 0.580. The second kappa shape index (κ2) is 5.09. The van der Waals surface area contributed by atoms with Gasteiger partial charge in [0.1, 0.15) is 17.3 Å². The summed E-state index contributed by atoms with van der Waals surface area (Å²) in [5, 5.41) is 4.72. The van der Waals surface area contributed by atoms with E-state index in [0.717, 1.165) is 0 Å². The van der Waals surface area contributed by atoms with E-state index in [1.165, 1.54) is 16.8 Å². The van der Waals surface area contributed by atoms with Gasteiger partial charge in [0, 0.05) is 12.6 Å². The largest absolute Gasteiger partial charge is 0.443 e. The van der Waals surface area contributed by atoms with Gasteiger partial charge in [-0.1, -0.05) is 17.7 Å². The molecule has 0 bridgehead atoms. The van der Waals surface area contributed by atoms with Gasteiger partial charge in [0.15, 0.2) is 11.0 Å². The lowest BCUT2D eigenvalue weighted by Crippen LogP contribution is -1.98. The SMILES string of the molecule is Cn1nc(-c2ccc(Cl)o2)c(-c2c(F)cccc2Cl)c1N. The van der Waals surface area contributed by atoms with Crippen molar-refractivity contribution in [3.63, 3.8) is 0 Å². The smallest absolute Gasteiger partial charge is 0.194 e. The molecule has 7 heteroatoms. The van der Waals surface area contributed by atoms with E-state index in [4.69, 9.17) is 33.4 Å². The van der Waals surface area contributed by atoms with Crippen molar-refractivity contribution in [1.82, 2.24) is 9.78 Å². The Morgan fingerprint density at radius 1 is 1.19 bits per heavy atom. The van der Waals surface area contributed by atoms with E-state index in [1.54, 1.807) is 25.2 Å². The molecule has 2 aromatic heterocycles. The number of nitrogen functional groups attached to an aromatic ring is 1. The van der Waals surface area contributed by atoms with Crippen LogP contribution in [0.15, 0.2) is 34.7 Å². The average Bonchev–Trinajstić information content (AvgIpc) is 2.97. The quantitative estimate of drug-likeness (QED) is 0.760. The molecule has 0 aliphatic heterocycles. The summed E-state index contributed by atoms with van der Waals surface area (Å²) >= 11 is 11.9. The number of anilines is 1. The standard InChI is InChI=1S/C14H10Cl2FN3O/c1-20-14(18)12(11-7(15)3-2-4-8(11)17)13(19-20)9-5-6-10(16)21-9/h2-6H,18H2,1H3. The number of furan rings is 1. The minimum absolute atomic E-state index is 0.187. The molecule has 108 valence electrons. The average molecular weight is 326 g/mol. The highest BCUT2D eigenvalue weighted by atomic mass is 35.5. The Hall–Kier alpha value is -1.98. The first-order chi connectivity index (χ1) is 9.99. The predicted molar refractivity (Wildman–Crippen MR) is 80.7 cm³/mol. The van der Waals surface area contributed by atoms with Gasteiger partial charge >= 0.3 is 0 Å². The minimum Gasteiger partial charge on any atom is -0.443 e. The molecule has 0 saturated carbocycles. The Kier molecular flexibility index (Phi) is 3.39. The number of benzene rings is 1. The van der Waals surface area contributed by atoms with Gasteiger partial charge in [0.2, 0.25) is 0 Å². The Labute approximate surface area is 129 Å². The van der Waals surface area contributed by atoms with E-state index >= 15 is 0 Å². The Balaban J connectivity index is 2.32. The van der Waals surface area contributed by atoms with Crippen LogP contribution in [0, 0.1) is 5.82 Å². The molecule has 0 radical (unpaired) electrons. The first-order valence-corrected chi connectivity index (χ1v) is 6.77. The number of hydrogen-bond acceptors (Lipinski definition) is 3. The molecule has 0 amide bonds. The van der Waals surface area contributed by atoms with Gasteiger partial charge in [0.05, 0.1) is 10.6 Å². The van der Waals surface area contributed by atoms with Gasteiger partial charge < -0.3 is 10.2 Å². The number of nitrogens with zero attached hydrogens (tertiary/aromatic N) is 2. The molecule has 4 nitrogen and oxygen atoms in total. The van der Waals surface area contributed by atoms with Gasteiger partial charge in [0.25, 0.3) is 0 Å². The van der Waals surface area contributed by atoms with E-state index in [9.17, 15) is 4.39 Å². The number of halogens is 3. The zero-order valence-corrected chi connectivity index (χ0v) is 12.4. The lowest BCUT2D eigenvalue weighted by atomic mass is 10.0. The van der Waals surface area contributed by atoms with Crippen LogP contribution in [-0.2, 0) is 7.05 Å². The van der Waals surface area contributed by atoms with E-state index in [2.05, 4.69) is 5.10 Å². The number of nitrogens with two attached hydrogens (primary N) is 1. The maximum Gasteiger partial charge on any atom is 0.194 e. The van der Waals surface area contributed by atoms with Crippen LogP contribution >= 0.6 is 23.2 Å². The fourth-order valence-electron chi connectivity index (χ4n) is 2.13. The molecule has 0 saturated heterocycles. The Morgan fingerprint density at radius 3 is 2.57 bits per heavy atom. The molecule has 21 heavy (non-hydrogen) atoms. The number of rotatable bonds is 2. The molecule has 3 aromatic rings. The number of hydrogen-bond donors (Lipinski definition) is 1. The van der Waals surface area contributed by atoms with Gasteiger partial charge in [-0.15, -0.1) is 0 Å². The zero-order chi connectivity index (χ0) is 15.1. The first-order valence-electron chi connectivity index (χ1n) is 6.01. The highest BCUT2D eigenvalue weighted by Crippen LogP contribution is 2.41. The van der Waals surface area contributed by atoms with Crippen molar-refractivity contribution in [1.29, 1.82) is 0 Å². The van der Waals surface area contributed by atoms with E-state index < -0.39 is 5.82 Å². The Morgan fingerprint density at radius 2 is 1.95 bits per heavy atom. The van der Waals surface area contributed by atoms with E-state index in [-0.39, 0.29) is 21.6 Å². The maximum absolute atomic E-state index is 14.2. The third kappa shape index (κ3) is 2.28. The molecule has 0 fully saturated rings. The first kappa shape index (κ1) is 14.0. The van der Waals surface area contributed by atoms with Crippen molar-refractivity contribution >= 4 is 29.0 Å². The number of aromatic nitrogens is 2. The van der Waals surface area contributed by atoms with Crippen molar-refractivity contribution < 1.29 is 8.81 Å². The molecule has 0 atom stereocenters. The second-order valence-electron chi connectivity index (χ2n) is 4.43. The molecule has 2 heterocycles. The van der Waals surface area contributed by atoms with E-state index in [1.807, 2.05) is 0 Å². The molecule has 1 aromatic carbocycles. The molecule has 0 aliphatic rings. The summed E-state index contributed by atoms with van der Waals surface area (Å²) in [6, 6.07) is 7.64. The highest BCUT2D eigenvalue weighted by Gasteiger charge is 2.24. The van der Waals surface area contributed by atoms with Crippen molar-refractivity contribution in [2.24, 2.45) is 7.05 Å². The van der Waals surface area contributed by atoms with Crippen LogP contribution < -0.4 is 5.73 Å². The van der Waals surface area contributed by atoms with Crippen LogP contribution in [0.4, 0.5) is 10.2 Å². The lowest BCUT2D eigenvalue weighted by Gasteiger charge is -2.06. The predicted octanol–water partition coefficient (Wildman–Crippen LogP) is 4.38. The van der Waals surface area contributed by atoms with Gasteiger partial charge in [-0.3, -0.25) is 4.68 Å². The summed E-state index contributed by atoms with van der Waals surface area (Å²) in [6.07, 6.45) is 0. The second-order valence-corrected chi connectivity index (χ2v) is 5.21. The zero-order valence-electron chi connectivity index (χ0n) is 10.9. The van der Waals surface area contributed by atoms with Crippen molar-refractivity contribution in [2.75, 3.05) is 5.73 Å². The molecular weight excluding hydrogens is 316 g/mol. The fourth-order valence-corrected chi connectivity index (χ4v) is 2.54. The van der Waals surface area contributed by atoms with Crippen LogP contribution in [0.5, 0.6) is 0 Å². The molecule has 3 rings (SSSR count). The molecule has 0 aliphatic carbocycles. The van der Waals surface area contributed by atoms with Crippen LogP contribution in [-0.4, -0.2) is 9.78 Å². The van der Waals surface area contributed by atoms with Crippen LogP contribution in [0.1, 0.15) is 0 Å². The van der Waals surface area contributed by atoms with Crippen molar-refractivity contribution in [2.45, 2.75) is 0 Å². The normalized spacial score (nSPS) is 11.0. The number of aryl methyl sites for hydroxylation is 1. The van der Waals surface area contributed by atoms with Gasteiger partial charge in [-0.25, -0.2) is 4.39 Å². The third-order valence-corrected chi connectivity index (χ3v) is 3.63. The monoisotopic (exact) mass is 325 g/mol. The van der Waals surface area contributed by atoms with E-state index in [0.29, 0.717) is 17.0 Å². The fraction of sp³-hybridized carbons (Fsp3) is 0.0714. The summed E-state index contributed by atoms with van der Waals surface area (Å²) in [5.74, 6) is 0.187. The topological polar surface area (TPSA) is 57.0 Å². The molecule has 0 unspecified atom stereocenters. The van der Waals surface area contributed by atoms with Crippen molar-refractivity contribution in [3.8, 4) is 22.6 Å². The molecular formula is C14H10Cl2FN3O. The molecule has 2 N–H and O–H groups in total. The van der Waals surface area contributed by atoms with Gasteiger partial charge in [-0.05, 0) is 35.9 Å². The minimum atomic E-state index is -0.485. The van der Waals surface area contributed by atoms with Crippen LogP contribution in [0.25, 0.3) is 22.6 Å². The summed E-state index contributed by atoms with van der Waals surface area (Å²) in [7, 11) is 1.65. The summed E-state index contributed by atoms with van der Waals surface area (Å²) in [4.78, 5) is 0. The molecule has 0 spiro atoms. The maximum atomic E-state index is 14.2. The highest BCUT2D eigenvalue weighted by molar-refractivity contribution is 6.33. The van der Waals surface area contributed by atoms with Crippen LogP contribution in [0.3, 0.4) is 0 Å². The Bertz CT molecular complexity index is 805. The van der Waals surface area contributed by atoms with Crippen molar-refractivity contribution in [3.05, 3.63) is 46.4 Å². The summed E-state index contributed by atoms with van der Waals surface area (Å²) in [6.45, 7) is 0. The van der Waals surface area contributed by atoms with Gasteiger partial charge in [-0.2, -0.15) is 5.10 Å².